The SMILES string of the molecule is CCc1ccc(C2CNCCN2C(=O)C(C)CNC)cc1. The summed E-state index contributed by atoms with van der Waals surface area (Å²) in [4.78, 5) is 14.7. The average Bonchev–Trinajstić information content (AvgIpc) is 2.54. The summed E-state index contributed by atoms with van der Waals surface area (Å²) in [5, 5.41) is 6.50. The highest BCUT2D eigenvalue weighted by molar-refractivity contribution is 5.79. The van der Waals surface area contributed by atoms with Gasteiger partial charge >= 0.3 is 0 Å². The third-order valence-corrected chi connectivity index (χ3v) is 4.23. The Bertz CT molecular complexity index is 458. The lowest BCUT2D eigenvalue weighted by atomic mass is 9.99. The predicted molar refractivity (Wildman–Crippen MR) is 86.2 cm³/mol. The highest BCUT2D eigenvalue weighted by atomic mass is 16.2. The van der Waals surface area contributed by atoms with E-state index in [1.807, 2.05) is 18.9 Å². The summed E-state index contributed by atoms with van der Waals surface area (Å²) < 4.78 is 0. The molecule has 0 spiro atoms. The van der Waals surface area contributed by atoms with E-state index >= 15 is 0 Å². The highest BCUT2D eigenvalue weighted by Crippen LogP contribution is 2.24. The van der Waals surface area contributed by atoms with E-state index < -0.39 is 0 Å². The molecule has 2 N–H and O–H groups in total. The van der Waals surface area contributed by atoms with Crippen LogP contribution in [0.25, 0.3) is 0 Å². The molecule has 2 atom stereocenters. The number of piperazine rings is 1. The number of carbonyl (C=O) groups excluding carboxylic acids is 1. The van der Waals surface area contributed by atoms with E-state index in [0.717, 1.165) is 32.6 Å². The second kappa shape index (κ2) is 7.57. The average molecular weight is 289 g/mol. The summed E-state index contributed by atoms with van der Waals surface area (Å²) in [5.74, 6) is 0.265. The lowest BCUT2D eigenvalue weighted by Gasteiger charge is -2.38. The van der Waals surface area contributed by atoms with E-state index in [2.05, 4.69) is 41.8 Å². The van der Waals surface area contributed by atoms with Gasteiger partial charge in [0.05, 0.1) is 6.04 Å². The molecule has 1 heterocycles. The maximum atomic E-state index is 12.7. The van der Waals surface area contributed by atoms with E-state index in [9.17, 15) is 4.79 Å². The van der Waals surface area contributed by atoms with Crippen molar-refractivity contribution in [3.63, 3.8) is 0 Å². The number of hydrogen-bond donors (Lipinski definition) is 2. The molecule has 1 fully saturated rings. The first-order valence-electron chi connectivity index (χ1n) is 7.92. The van der Waals surface area contributed by atoms with E-state index in [4.69, 9.17) is 0 Å². The van der Waals surface area contributed by atoms with Gasteiger partial charge in [0, 0.05) is 32.1 Å². The number of nitrogens with zero attached hydrogens (tertiary/aromatic N) is 1. The van der Waals surface area contributed by atoms with Crippen molar-refractivity contribution in [3.05, 3.63) is 35.4 Å². The molecule has 4 nitrogen and oxygen atoms in total. The molecule has 0 aromatic heterocycles. The smallest absolute Gasteiger partial charge is 0.227 e. The maximum absolute atomic E-state index is 12.7. The molecule has 21 heavy (non-hydrogen) atoms. The molecule has 1 aromatic rings. The van der Waals surface area contributed by atoms with Crippen LogP contribution in [0.3, 0.4) is 0 Å². The lowest BCUT2D eigenvalue weighted by molar-refractivity contribution is -0.138. The molecule has 2 rings (SSSR count). The van der Waals surface area contributed by atoms with Gasteiger partial charge in [-0.1, -0.05) is 38.1 Å². The van der Waals surface area contributed by atoms with Gasteiger partial charge in [0.2, 0.25) is 5.91 Å². The van der Waals surface area contributed by atoms with Gasteiger partial charge in [-0.05, 0) is 24.6 Å². The van der Waals surface area contributed by atoms with Crippen LogP contribution >= 0.6 is 0 Å². The molecule has 1 aliphatic heterocycles. The fourth-order valence-corrected chi connectivity index (χ4v) is 2.92. The molecule has 0 aliphatic carbocycles. The zero-order chi connectivity index (χ0) is 15.2. The van der Waals surface area contributed by atoms with Crippen LogP contribution in [0.1, 0.15) is 31.0 Å². The van der Waals surface area contributed by atoms with Crippen molar-refractivity contribution in [1.82, 2.24) is 15.5 Å². The zero-order valence-electron chi connectivity index (χ0n) is 13.4. The van der Waals surface area contributed by atoms with Crippen molar-refractivity contribution in [2.45, 2.75) is 26.3 Å². The normalized spacial score (nSPS) is 20.3. The predicted octanol–water partition coefficient (Wildman–Crippen LogP) is 1.58. The van der Waals surface area contributed by atoms with Crippen molar-refractivity contribution >= 4 is 5.91 Å². The van der Waals surface area contributed by atoms with E-state index in [1.165, 1.54) is 11.1 Å². The first-order valence-corrected chi connectivity index (χ1v) is 7.92. The first-order chi connectivity index (χ1) is 10.2. The Morgan fingerprint density at radius 1 is 1.43 bits per heavy atom. The Labute approximate surface area is 127 Å². The van der Waals surface area contributed by atoms with Gasteiger partial charge in [-0.3, -0.25) is 4.79 Å². The van der Waals surface area contributed by atoms with Gasteiger partial charge in [-0.15, -0.1) is 0 Å². The molecular formula is C17H27N3O. The third kappa shape index (κ3) is 3.83. The molecule has 0 bridgehead atoms. The Hall–Kier alpha value is -1.39. The van der Waals surface area contributed by atoms with Crippen molar-refractivity contribution in [1.29, 1.82) is 0 Å². The van der Waals surface area contributed by atoms with Crippen molar-refractivity contribution in [2.24, 2.45) is 5.92 Å². The Morgan fingerprint density at radius 3 is 2.76 bits per heavy atom. The van der Waals surface area contributed by atoms with E-state index in [0.29, 0.717) is 0 Å². The molecule has 1 aromatic carbocycles. The summed E-state index contributed by atoms with van der Waals surface area (Å²) >= 11 is 0. The summed E-state index contributed by atoms with van der Waals surface area (Å²) in [7, 11) is 1.89. The van der Waals surface area contributed by atoms with Gasteiger partial charge in [-0.25, -0.2) is 0 Å². The van der Waals surface area contributed by atoms with Crippen LogP contribution in [-0.2, 0) is 11.2 Å². The minimum atomic E-state index is 0.0190. The van der Waals surface area contributed by atoms with Crippen molar-refractivity contribution in [3.8, 4) is 0 Å². The number of carbonyl (C=O) groups is 1. The van der Waals surface area contributed by atoms with E-state index in [1.54, 1.807) is 0 Å². The maximum Gasteiger partial charge on any atom is 0.227 e. The third-order valence-electron chi connectivity index (χ3n) is 4.23. The van der Waals surface area contributed by atoms with Crippen LogP contribution in [0.5, 0.6) is 0 Å². The minimum Gasteiger partial charge on any atom is -0.333 e. The summed E-state index contributed by atoms with van der Waals surface area (Å²) in [6.45, 7) is 7.38. The van der Waals surface area contributed by atoms with Crippen LogP contribution in [0.15, 0.2) is 24.3 Å². The molecule has 1 aliphatic rings. The fraction of sp³-hybridized carbons (Fsp3) is 0.588. The standard InChI is InChI=1S/C17H27N3O/c1-4-14-5-7-15(8-6-14)16-12-19-9-10-20(16)17(21)13(2)11-18-3/h5-8,13,16,18-19H,4,9-12H2,1-3H3. The Balaban J connectivity index is 2.15. The van der Waals surface area contributed by atoms with Gasteiger partial charge in [0.25, 0.3) is 0 Å². The van der Waals surface area contributed by atoms with Crippen LogP contribution in [0.4, 0.5) is 0 Å². The van der Waals surface area contributed by atoms with Crippen LogP contribution < -0.4 is 10.6 Å². The minimum absolute atomic E-state index is 0.0190. The quantitative estimate of drug-likeness (QED) is 0.865. The molecular weight excluding hydrogens is 262 g/mol. The topological polar surface area (TPSA) is 44.4 Å². The first kappa shape index (κ1) is 16.0. The monoisotopic (exact) mass is 289 g/mol. The van der Waals surface area contributed by atoms with Gasteiger partial charge < -0.3 is 15.5 Å². The van der Waals surface area contributed by atoms with Gasteiger partial charge in [-0.2, -0.15) is 0 Å². The van der Waals surface area contributed by atoms with Gasteiger partial charge in [0.15, 0.2) is 0 Å². The molecule has 4 heteroatoms. The molecule has 0 radical (unpaired) electrons. The number of benzene rings is 1. The number of rotatable bonds is 5. The second-order valence-corrected chi connectivity index (χ2v) is 5.81. The van der Waals surface area contributed by atoms with Crippen LogP contribution in [-0.4, -0.2) is 44.0 Å². The molecule has 116 valence electrons. The number of nitrogens with one attached hydrogen (secondary N) is 2. The number of aryl methyl sites for hydroxylation is 1. The number of amides is 1. The summed E-state index contributed by atoms with van der Waals surface area (Å²) in [5.41, 5.74) is 2.56. The lowest BCUT2D eigenvalue weighted by Crippen LogP contribution is -2.51. The van der Waals surface area contributed by atoms with E-state index in [-0.39, 0.29) is 17.9 Å². The van der Waals surface area contributed by atoms with Crippen molar-refractivity contribution in [2.75, 3.05) is 33.2 Å². The molecule has 1 saturated heterocycles. The van der Waals surface area contributed by atoms with Gasteiger partial charge in [0.1, 0.15) is 0 Å². The summed E-state index contributed by atoms with van der Waals surface area (Å²) in [6.07, 6.45) is 1.05. The largest absolute Gasteiger partial charge is 0.333 e. The molecule has 1 amide bonds. The zero-order valence-corrected chi connectivity index (χ0v) is 13.4. The number of hydrogen-bond acceptors (Lipinski definition) is 3. The highest BCUT2D eigenvalue weighted by Gasteiger charge is 2.30. The fourth-order valence-electron chi connectivity index (χ4n) is 2.92. The molecule has 0 saturated carbocycles. The van der Waals surface area contributed by atoms with Crippen LogP contribution in [0, 0.1) is 5.92 Å². The summed E-state index contributed by atoms with van der Waals surface area (Å²) in [6, 6.07) is 8.82. The molecule has 2 unspecified atom stereocenters. The van der Waals surface area contributed by atoms with Crippen LogP contribution in [0.2, 0.25) is 0 Å². The van der Waals surface area contributed by atoms with Crippen molar-refractivity contribution < 1.29 is 4.79 Å². The Kier molecular flexibility index (Phi) is 5.76. The Morgan fingerprint density at radius 2 is 2.14 bits per heavy atom. The second-order valence-electron chi connectivity index (χ2n) is 5.81.